The molecule has 28 heavy (non-hydrogen) atoms. The van der Waals surface area contributed by atoms with Crippen molar-refractivity contribution in [2.45, 2.75) is 6.92 Å². The van der Waals surface area contributed by atoms with Crippen molar-refractivity contribution in [3.8, 4) is 22.5 Å². The lowest BCUT2D eigenvalue weighted by Crippen LogP contribution is -2.18. The first-order chi connectivity index (χ1) is 13.6. The van der Waals surface area contributed by atoms with E-state index in [1.165, 1.54) is 0 Å². The lowest BCUT2D eigenvalue weighted by molar-refractivity contribution is 0.103. The van der Waals surface area contributed by atoms with E-state index in [0.29, 0.717) is 22.5 Å². The van der Waals surface area contributed by atoms with E-state index in [-0.39, 0.29) is 5.78 Å². The summed E-state index contributed by atoms with van der Waals surface area (Å²) in [5.41, 5.74) is 3.89. The Morgan fingerprint density at radius 3 is 2.04 bits per heavy atom. The van der Waals surface area contributed by atoms with Crippen LogP contribution in [0.5, 0.6) is 0 Å². The average Bonchev–Trinajstić information content (AvgIpc) is 2.74. The largest absolute Gasteiger partial charge is 0.346 e. The van der Waals surface area contributed by atoms with Crippen molar-refractivity contribution < 1.29 is 4.79 Å². The molecule has 0 fully saturated rings. The number of ketones is 1. The smallest absolute Gasteiger partial charge is 0.305 e. The molecule has 0 spiro atoms. The van der Waals surface area contributed by atoms with Crippen LogP contribution >= 0.6 is 0 Å². The number of rotatable bonds is 4. The fourth-order valence-corrected chi connectivity index (χ4v) is 3.17. The van der Waals surface area contributed by atoms with Crippen molar-refractivity contribution in [3.63, 3.8) is 0 Å². The quantitative estimate of drug-likeness (QED) is 0.535. The molecule has 4 nitrogen and oxygen atoms in total. The molecule has 0 unspecified atom stereocenters. The normalized spacial score (nSPS) is 10.6. The minimum Gasteiger partial charge on any atom is -0.305 e. The third kappa shape index (κ3) is 3.40. The number of carbonyl (C=O) groups is 1. The summed E-state index contributed by atoms with van der Waals surface area (Å²) in [5.74, 6) is -0.182. The second-order valence-corrected chi connectivity index (χ2v) is 6.57. The summed E-state index contributed by atoms with van der Waals surface area (Å²) in [6, 6.07) is 26.0. The Morgan fingerprint density at radius 1 is 0.786 bits per heavy atom. The zero-order valence-electron chi connectivity index (χ0n) is 15.3. The molecule has 4 rings (SSSR count). The molecule has 1 aromatic heterocycles. The number of aromatic nitrogens is 2. The van der Waals surface area contributed by atoms with Gasteiger partial charge in [-0.3, -0.25) is 4.79 Å². The van der Waals surface area contributed by atoms with Crippen molar-refractivity contribution in [1.82, 2.24) is 9.97 Å². The van der Waals surface area contributed by atoms with Gasteiger partial charge in [-0.2, -0.15) is 4.98 Å². The minimum atomic E-state index is -0.487. The van der Waals surface area contributed by atoms with Gasteiger partial charge < -0.3 is 4.98 Å². The van der Waals surface area contributed by atoms with Crippen LogP contribution in [0.4, 0.5) is 0 Å². The van der Waals surface area contributed by atoms with Crippen LogP contribution in [-0.2, 0) is 0 Å². The third-order valence-electron chi connectivity index (χ3n) is 4.58. The molecule has 0 saturated carbocycles. The highest BCUT2D eigenvalue weighted by Crippen LogP contribution is 2.30. The second-order valence-electron chi connectivity index (χ2n) is 6.57. The van der Waals surface area contributed by atoms with Crippen LogP contribution in [0.1, 0.15) is 21.5 Å². The fraction of sp³-hybridized carbons (Fsp3) is 0.0417. The maximum absolute atomic E-state index is 13.5. The zero-order chi connectivity index (χ0) is 19.5. The monoisotopic (exact) mass is 366 g/mol. The van der Waals surface area contributed by atoms with Crippen LogP contribution in [-0.4, -0.2) is 15.8 Å². The van der Waals surface area contributed by atoms with Gasteiger partial charge in [0.25, 0.3) is 0 Å². The summed E-state index contributed by atoms with van der Waals surface area (Å²) in [7, 11) is 0. The third-order valence-corrected chi connectivity index (χ3v) is 4.58. The van der Waals surface area contributed by atoms with E-state index in [9.17, 15) is 9.59 Å². The van der Waals surface area contributed by atoms with Gasteiger partial charge in [0.05, 0.1) is 17.0 Å². The topological polar surface area (TPSA) is 62.8 Å². The molecule has 136 valence electrons. The highest BCUT2D eigenvalue weighted by molar-refractivity contribution is 6.15. The standard InChI is InChI=1S/C24H18N2O2/c1-16-12-14-18(15-13-16)22-20(23(27)19-10-6-3-7-11-19)21(25-24(28)26-22)17-8-4-2-5-9-17/h2-15H,1H3,(H,25,26,28). The highest BCUT2D eigenvalue weighted by Gasteiger charge is 2.22. The van der Waals surface area contributed by atoms with Gasteiger partial charge in [0, 0.05) is 11.1 Å². The van der Waals surface area contributed by atoms with Crippen LogP contribution in [0, 0.1) is 6.92 Å². The predicted octanol–water partition coefficient (Wildman–Crippen LogP) is 4.64. The van der Waals surface area contributed by atoms with E-state index in [0.717, 1.165) is 16.7 Å². The Bertz CT molecular complexity index is 1180. The lowest BCUT2D eigenvalue weighted by Gasteiger charge is -2.14. The summed E-state index contributed by atoms with van der Waals surface area (Å²) >= 11 is 0. The van der Waals surface area contributed by atoms with Gasteiger partial charge in [0.1, 0.15) is 0 Å². The average molecular weight is 366 g/mol. The Labute approximate surface area is 162 Å². The van der Waals surface area contributed by atoms with Crippen molar-refractivity contribution in [1.29, 1.82) is 0 Å². The van der Waals surface area contributed by atoms with E-state index in [2.05, 4.69) is 9.97 Å². The van der Waals surface area contributed by atoms with Gasteiger partial charge in [-0.15, -0.1) is 0 Å². The van der Waals surface area contributed by atoms with Crippen LogP contribution in [0.2, 0.25) is 0 Å². The Kier molecular flexibility index (Phi) is 4.68. The first-order valence-corrected chi connectivity index (χ1v) is 9.00. The number of hydrogen-bond donors (Lipinski definition) is 1. The van der Waals surface area contributed by atoms with Crippen LogP contribution in [0.15, 0.2) is 89.7 Å². The number of nitrogens with one attached hydrogen (secondary N) is 1. The second kappa shape index (κ2) is 7.45. The van der Waals surface area contributed by atoms with E-state index >= 15 is 0 Å². The number of hydrogen-bond acceptors (Lipinski definition) is 3. The first-order valence-electron chi connectivity index (χ1n) is 9.00. The molecule has 0 aliphatic carbocycles. The molecule has 0 saturated heterocycles. The van der Waals surface area contributed by atoms with Gasteiger partial charge >= 0.3 is 5.69 Å². The summed E-state index contributed by atoms with van der Waals surface area (Å²) in [6.07, 6.45) is 0. The maximum atomic E-state index is 13.5. The highest BCUT2D eigenvalue weighted by atomic mass is 16.1. The van der Waals surface area contributed by atoms with Crippen molar-refractivity contribution >= 4 is 5.78 Å². The van der Waals surface area contributed by atoms with Gasteiger partial charge in [-0.1, -0.05) is 90.5 Å². The molecule has 0 radical (unpaired) electrons. The van der Waals surface area contributed by atoms with Crippen LogP contribution in [0.25, 0.3) is 22.5 Å². The molecule has 1 N–H and O–H groups in total. The van der Waals surface area contributed by atoms with Crippen LogP contribution in [0.3, 0.4) is 0 Å². The lowest BCUT2D eigenvalue weighted by atomic mass is 9.93. The van der Waals surface area contributed by atoms with Crippen LogP contribution < -0.4 is 5.69 Å². The number of benzene rings is 3. The summed E-state index contributed by atoms with van der Waals surface area (Å²) in [5, 5.41) is 0. The molecule has 1 heterocycles. The Morgan fingerprint density at radius 2 is 1.39 bits per heavy atom. The molecule has 0 atom stereocenters. The van der Waals surface area contributed by atoms with Gasteiger partial charge in [-0.25, -0.2) is 4.79 Å². The molecule has 3 aromatic carbocycles. The SMILES string of the molecule is Cc1ccc(-c2[nH]c(=O)nc(-c3ccccc3)c2C(=O)c2ccccc2)cc1. The number of nitrogens with zero attached hydrogens (tertiary/aromatic N) is 1. The van der Waals surface area contributed by atoms with E-state index in [1.807, 2.05) is 79.7 Å². The van der Waals surface area contributed by atoms with Gasteiger partial charge in [0.2, 0.25) is 0 Å². The van der Waals surface area contributed by atoms with E-state index < -0.39 is 5.69 Å². The Hall–Kier alpha value is -3.79. The zero-order valence-corrected chi connectivity index (χ0v) is 15.3. The number of H-pyrrole nitrogens is 1. The first kappa shape index (κ1) is 17.6. The number of aromatic amines is 1. The predicted molar refractivity (Wildman–Crippen MR) is 110 cm³/mol. The van der Waals surface area contributed by atoms with Gasteiger partial charge in [0.15, 0.2) is 5.78 Å². The summed E-state index contributed by atoms with van der Waals surface area (Å²) < 4.78 is 0. The Balaban J connectivity index is 2.03. The van der Waals surface area contributed by atoms with Crippen molar-refractivity contribution in [2.75, 3.05) is 0 Å². The maximum Gasteiger partial charge on any atom is 0.346 e. The molecule has 0 aliphatic rings. The molecule has 4 heteroatoms. The minimum absolute atomic E-state index is 0.182. The van der Waals surface area contributed by atoms with E-state index in [1.54, 1.807) is 12.1 Å². The van der Waals surface area contributed by atoms with Gasteiger partial charge in [-0.05, 0) is 12.5 Å². The number of carbonyl (C=O) groups excluding carboxylic acids is 1. The fourth-order valence-electron chi connectivity index (χ4n) is 3.17. The molecule has 0 aliphatic heterocycles. The molecule has 0 amide bonds. The molecule has 4 aromatic rings. The van der Waals surface area contributed by atoms with E-state index in [4.69, 9.17) is 0 Å². The molecule has 0 bridgehead atoms. The number of aryl methyl sites for hydroxylation is 1. The molecular formula is C24H18N2O2. The van der Waals surface area contributed by atoms with Crippen molar-refractivity contribution in [3.05, 3.63) is 112 Å². The summed E-state index contributed by atoms with van der Waals surface area (Å²) in [4.78, 5) is 32.8. The molecular weight excluding hydrogens is 348 g/mol. The summed E-state index contributed by atoms with van der Waals surface area (Å²) in [6.45, 7) is 1.99. The van der Waals surface area contributed by atoms with Crippen molar-refractivity contribution in [2.24, 2.45) is 0 Å².